The van der Waals surface area contributed by atoms with Crippen molar-refractivity contribution in [3.63, 3.8) is 0 Å². The van der Waals surface area contributed by atoms with Gasteiger partial charge in [-0.05, 0) is 19.8 Å². The van der Waals surface area contributed by atoms with Gasteiger partial charge in [0.15, 0.2) is 0 Å². The van der Waals surface area contributed by atoms with E-state index in [4.69, 9.17) is 5.11 Å². The summed E-state index contributed by atoms with van der Waals surface area (Å²) in [4.78, 5) is 5.36. The van der Waals surface area contributed by atoms with E-state index in [0.29, 0.717) is 6.42 Å². The molecule has 8 heteroatoms. The van der Waals surface area contributed by atoms with Crippen molar-refractivity contribution in [2.45, 2.75) is 32.7 Å². The Bertz CT molecular complexity index is 487. The molecule has 0 fully saturated rings. The maximum absolute atomic E-state index is 12.0. The molecule has 19 heavy (non-hydrogen) atoms. The van der Waals surface area contributed by atoms with Crippen molar-refractivity contribution in [2.24, 2.45) is 0 Å². The largest absolute Gasteiger partial charge is 0.396 e. The molecule has 0 aliphatic carbocycles. The summed E-state index contributed by atoms with van der Waals surface area (Å²) in [5.41, 5.74) is 0. The molecule has 0 saturated carbocycles. The molecule has 0 aliphatic rings. The molecule has 0 spiro atoms. The number of aromatic nitrogens is 1. The summed E-state index contributed by atoms with van der Waals surface area (Å²) < 4.78 is 27.8. The van der Waals surface area contributed by atoms with Crippen molar-refractivity contribution < 1.29 is 13.5 Å². The Hall–Kier alpha value is -0.540. The minimum Gasteiger partial charge on any atom is -0.396 e. The average Bonchev–Trinajstić information content (AvgIpc) is 2.84. The molecule has 0 amide bonds. The highest BCUT2D eigenvalue weighted by molar-refractivity contribution is 7.87. The standard InChI is InChI=1S/C11H21N3O3S2/c1-4-10-8-12-11(18-10)9(2)13-19(16,17)14(3)6-5-7-15/h8-9,13,15H,4-7H2,1-3H3. The number of aliphatic hydroxyl groups is 1. The van der Waals surface area contributed by atoms with Crippen LogP contribution >= 0.6 is 11.3 Å². The van der Waals surface area contributed by atoms with Crippen LogP contribution < -0.4 is 4.72 Å². The predicted molar refractivity (Wildman–Crippen MR) is 76.3 cm³/mol. The van der Waals surface area contributed by atoms with Gasteiger partial charge in [-0.1, -0.05) is 6.92 Å². The number of nitrogens with one attached hydrogen (secondary N) is 1. The Labute approximate surface area is 118 Å². The van der Waals surface area contributed by atoms with Crippen LogP contribution in [0.2, 0.25) is 0 Å². The molecule has 0 saturated heterocycles. The predicted octanol–water partition coefficient (Wildman–Crippen LogP) is 0.915. The van der Waals surface area contributed by atoms with Crippen molar-refractivity contribution in [3.05, 3.63) is 16.1 Å². The summed E-state index contributed by atoms with van der Waals surface area (Å²) in [6.45, 7) is 4.07. The number of aryl methyl sites for hydroxylation is 1. The third-order valence-electron chi connectivity index (χ3n) is 2.66. The first kappa shape index (κ1) is 16.5. The van der Waals surface area contributed by atoms with E-state index in [1.165, 1.54) is 22.7 Å². The van der Waals surface area contributed by atoms with E-state index in [1.807, 2.05) is 6.92 Å². The van der Waals surface area contributed by atoms with Crippen molar-refractivity contribution in [1.82, 2.24) is 14.0 Å². The van der Waals surface area contributed by atoms with Crippen molar-refractivity contribution in [2.75, 3.05) is 20.2 Å². The van der Waals surface area contributed by atoms with Gasteiger partial charge in [0.05, 0.1) is 6.04 Å². The molecule has 6 nitrogen and oxygen atoms in total. The minimum atomic E-state index is -3.54. The summed E-state index contributed by atoms with van der Waals surface area (Å²) >= 11 is 1.51. The van der Waals surface area contributed by atoms with Crippen molar-refractivity contribution in [3.8, 4) is 0 Å². The molecule has 1 unspecified atom stereocenters. The molecule has 110 valence electrons. The number of rotatable bonds is 8. The molecule has 0 bridgehead atoms. The Morgan fingerprint density at radius 1 is 1.58 bits per heavy atom. The molecule has 0 aromatic carbocycles. The molecular weight excluding hydrogens is 286 g/mol. The first-order chi connectivity index (χ1) is 8.90. The van der Waals surface area contributed by atoms with Crippen LogP contribution in [0.3, 0.4) is 0 Å². The molecule has 1 aromatic heterocycles. The van der Waals surface area contributed by atoms with Crippen LogP contribution in [0.25, 0.3) is 0 Å². The second-order valence-corrected chi connectivity index (χ2v) is 7.22. The van der Waals surface area contributed by atoms with Gasteiger partial charge in [0.1, 0.15) is 5.01 Å². The second-order valence-electron chi connectivity index (χ2n) is 4.26. The molecule has 1 heterocycles. The maximum atomic E-state index is 12.0. The smallest absolute Gasteiger partial charge is 0.279 e. The van der Waals surface area contributed by atoms with Gasteiger partial charge < -0.3 is 5.11 Å². The zero-order chi connectivity index (χ0) is 14.5. The second kappa shape index (κ2) is 7.30. The first-order valence-electron chi connectivity index (χ1n) is 6.19. The van der Waals surface area contributed by atoms with Crippen LogP contribution in [-0.4, -0.2) is 43.0 Å². The average molecular weight is 307 g/mol. The normalized spacial score (nSPS) is 13.9. The lowest BCUT2D eigenvalue weighted by molar-refractivity contribution is 0.275. The molecule has 0 aliphatic heterocycles. The van der Waals surface area contributed by atoms with Gasteiger partial charge in [-0.25, -0.2) is 4.98 Å². The lowest BCUT2D eigenvalue weighted by atomic mass is 10.4. The molecule has 2 N–H and O–H groups in total. The molecule has 1 rings (SSSR count). The fourth-order valence-electron chi connectivity index (χ4n) is 1.46. The number of thiazole rings is 1. The first-order valence-corrected chi connectivity index (χ1v) is 8.45. The zero-order valence-electron chi connectivity index (χ0n) is 11.5. The van der Waals surface area contributed by atoms with E-state index in [1.54, 1.807) is 13.1 Å². The highest BCUT2D eigenvalue weighted by atomic mass is 32.2. The SMILES string of the molecule is CCc1cnc(C(C)NS(=O)(=O)N(C)CCCO)s1. The van der Waals surface area contributed by atoms with Crippen LogP contribution in [0.4, 0.5) is 0 Å². The van der Waals surface area contributed by atoms with Gasteiger partial charge in [-0.2, -0.15) is 17.4 Å². The number of hydrogen-bond acceptors (Lipinski definition) is 5. The third-order valence-corrected chi connectivity index (χ3v) is 5.64. The Morgan fingerprint density at radius 3 is 2.79 bits per heavy atom. The van der Waals surface area contributed by atoms with E-state index in [2.05, 4.69) is 9.71 Å². The van der Waals surface area contributed by atoms with E-state index in [-0.39, 0.29) is 19.2 Å². The maximum Gasteiger partial charge on any atom is 0.279 e. The number of nitrogens with zero attached hydrogens (tertiary/aromatic N) is 2. The molecular formula is C11H21N3O3S2. The summed E-state index contributed by atoms with van der Waals surface area (Å²) in [6, 6.07) is -0.355. The number of aliphatic hydroxyl groups excluding tert-OH is 1. The van der Waals surface area contributed by atoms with Crippen LogP contribution in [0.1, 0.15) is 36.2 Å². The monoisotopic (exact) mass is 307 g/mol. The third kappa shape index (κ3) is 4.81. The highest BCUT2D eigenvalue weighted by Gasteiger charge is 2.22. The van der Waals surface area contributed by atoms with Gasteiger partial charge >= 0.3 is 0 Å². The summed E-state index contributed by atoms with van der Waals surface area (Å²) in [7, 11) is -2.05. The zero-order valence-corrected chi connectivity index (χ0v) is 13.1. The van der Waals surface area contributed by atoms with E-state index in [0.717, 1.165) is 16.3 Å². The topological polar surface area (TPSA) is 82.5 Å². The van der Waals surface area contributed by atoms with Crippen LogP contribution in [-0.2, 0) is 16.6 Å². The lowest BCUT2D eigenvalue weighted by Gasteiger charge is -2.19. The Balaban J connectivity index is 2.66. The summed E-state index contributed by atoms with van der Waals surface area (Å²) in [5.74, 6) is 0. The fraction of sp³-hybridized carbons (Fsp3) is 0.727. The van der Waals surface area contributed by atoms with Crippen molar-refractivity contribution >= 4 is 21.5 Å². The number of hydrogen-bond donors (Lipinski definition) is 2. The molecule has 1 aromatic rings. The molecule has 0 radical (unpaired) electrons. The molecule has 1 atom stereocenters. The van der Waals surface area contributed by atoms with Gasteiger partial charge in [-0.15, -0.1) is 11.3 Å². The quantitative estimate of drug-likeness (QED) is 0.748. The fourth-order valence-corrected chi connectivity index (χ4v) is 3.51. The van der Waals surface area contributed by atoms with Gasteiger partial charge in [0.25, 0.3) is 10.2 Å². The van der Waals surface area contributed by atoms with Gasteiger partial charge in [0, 0.05) is 31.3 Å². The Morgan fingerprint density at radius 2 is 2.26 bits per heavy atom. The van der Waals surface area contributed by atoms with Gasteiger partial charge in [-0.3, -0.25) is 0 Å². The lowest BCUT2D eigenvalue weighted by Crippen LogP contribution is -2.40. The summed E-state index contributed by atoms with van der Waals surface area (Å²) in [5, 5.41) is 9.48. The van der Waals surface area contributed by atoms with E-state index < -0.39 is 10.2 Å². The van der Waals surface area contributed by atoms with Crippen LogP contribution in [0, 0.1) is 0 Å². The van der Waals surface area contributed by atoms with Crippen molar-refractivity contribution in [1.29, 1.82) is 0 Å². The van der Waals surface area contributed by atoms with Crippen LogP contribution in [0.5, 0.6) is 0 Å². The Kier molecular flexibility index (Phi) is 6.34. The van der Waals surface area contributed by atoms with E-state index in [9.17, 15) is 8.42 Å². The minimum absolute atomic E-state index is 0.0260. The summed E-state index contributed by atoms with van der Waals surface area (Å²) in [6.07, 6.45) is 3.09. The van der Waals surface area contributed by atoms with Crippen LogP contribution in [0.15, 0.2) is 6.20 Å². The van der Waals surface area contributed by atoms with E-state index >= 15 is 0 Å². The van der Waals surface area contributed by atoms with Gasteiger partial charge in [0.2, 0.25) is 0 Å². The highest BCUT2D eigenvalue weighted by Crippen LogP contribution is 2.21.